The first-order valence-electron chi connectivity index (χ1n) is 7.05. The molecule has 0 aromatic heterocycles. The quantitative estimate of drug-likeness (QED) is 0.778. The van der Waals surface area contributed by atoms with Gasteiger partial charge in [0.1, 0.15) is 11.6 Å². The molecule has 0 saturated carbocycles. The molecule has 2 saturated heterocycles. The van der Waals surface area contributed by atoms with E-state index in [1.165, 1.54) is 12.1 Å². The van der Waals surface area contributed by atoms with Crippen LogP contribution in [0, 0.1) is 5.82 Å². The molecule has 2 fully saturated rings. The maximum Gasteiger partial charge on any atom is 0.251 e. The lowest BCUT2D eigenvalue weighted by Gasteiger charge is -2.29. The van der Waals surface area contributed by atoms with E-state index in [1.54, 1.807) is 0 Å². The summed E-state index contributed by atoms with van der Waals surface area (Å²) in [6.45, 7) is 0.973. The van der Waals surface area contributed by atoms with Gasteiger partial charge in [-0.1, -0.05) is 11.6 Å². The van der Waals surface area contributed by atoms with E-state index in [9.17, 15) is 18.8 Å². The summed E-state index contributed by atoms with van der Waals surface area (Å²) < 4.78 is 13.2. The number of Topliss-reactive ketones (excluding diaryl/α,β-unsaturated/α-hetero) is 1. The molecule has 2 heterocycles. The molecule has 0 unspecified atom stereocenters. The topological polar surface area (TPSA) is 57.7 Å². The summed E-state index contributed by atoms with van der Waals surface area (Å²) in [6.07, 6.45) is 0.878. The van der Waals surface area contributed by atoms with Crippen LogP contribution in [0.3, 0.4) is 0 Å². The van der Waals surface area contributed by atoms with Gasteiger partial charge in [0.05, 0.1) is 23.2 Å². The average molecular weight is 325 g/mol. The number of hydrogen-bond donors (Lipinski definition) is 0. The predicted molar refractivity (Wildman–Crippen MR) is 78.1 cm³/mol. The Morgan fingerprint density at radius 1 is 1.14 bits per heavy atom. The molecule has 22 heavy (non-hydrogen) atoms. The highest BCUT2D eigenvalue weighted by molar-refractivity contribution is 6.31. The van der Waals surface area contributed by atoms with Crippen LogP contribution in [-0.4, -0.2) is 41.6 Å². The number of ketones is 1. The Labute approximate surface area is 131 Å². The Hall–Kier alpha value is -1.79. The van der Waals surface area contributed by atoms with Crippen LogP contribution in [0.5, 0.6) is 0 Å². The highest BCUT2D eigenvalue weighted by atomic mass is 35.5. The molecule has 5 nitrogen and oxygen atoms in total. The molecule has 116 valence electrons. The molecule has 2 aliphatic rings. The molecule has 0 aliphatic carbocycles. The number of likely N-dealkylation sites (tertiary alicyclic amines) is 1. The van der Waals surface area contributed by atoms with E-state index in [-0.39, 0.29) is 34.7 Å². The second kappa shape index (κ2) is 5.78. The summed E-state index contributed by atoms with van der Waals surface area (Å²) in [5.74, 6) is -1.11. The molecular formula is C15H14ClFN2O3. The molecule has 1 aromatic carbocycles. The highest BCUT2D eigenvalue weighted by Crippen LogP contribution is 2.29. The standard InChI is InChI=1S/C15H14ClFN2O3/c16-11-7-9(1-2-12(11)17)19-14(21)8-13(15(19)22)18-5-3-10(20)4-6-18/h1-2,7,13H,3-6,8H2/t13-/m0/s1. The zero-order valence-corrected chi connectivity index (χ0v) is 12.5. The minimum absolute atomic E-state index is 0.0714. The second-order valence-corrected chi connectivity index (χ2v) is 5.87. The third-order valence-corrected chi connectivity index (χ3v) is 4.37. The Morgan fingerprint density at radius 3 is 2.45 bits per heavy atom. The van der Waals surface area contributed by atoms with Crippen molar-refractivity contribution < 1.29 is 18.8 Å². The smallest absolute Gasteiger partial charge is 0.251 e. The summed E-state index contributed by atoms with van der Waals surface area (Å²) in [7, 11) is 0. The molecule has 2 amide bonds. The Kier molecular flexibility index (Phi) is 3.97. The van der Waals surface area contributed by atoms with Gasteiger partial charge in [-0.25, -0.2) is 9.29 Å². The number of nitrogens with zero attached hydrogens (tertiary/aromatic N) is 2. The summed E-state index contributed by atoms with van der Waals surface area (Å²) in [4.78, 5) is 38.9. The zero-order valence-electron chi connectivity index (χ0n) is 11.7. The first-order valence-corrected chi connectivity index (χ1v) is 7.43. The highest BCUT2D eigenvalue weighted by Gasteiger charge is 2.43. The van der Waals surface area contributed by atoms with E-state index < -0.39 is 11.9 Å². The molecule has 1 aromatic rings. The second-order valence-electron chi connectivity index (χ2n) is 5.46. The average Bonchev–Trinajstić information content (AvgIpc) is 2.78. The van der Waals surface area contributed by atoms with Crippen LogP contribution in [0.4, 0.5) is 10.1 Å². The van der Waals surface area contributed by atoms with E-state index in [1.807, 2.05) is 4.90 Å². The van der Waals surface area contributed by atoms with Crippen molar-refractivity contribution in [3.05, 3.63) is 29.0 Å². The van der Waals surface area contributed by atoms with Crippen LogP contribution in [0.25, 0.3) is 0 Å². The minimum Gasteiger partial charge on any atom is -0.300 e. The molecule has 0 radical (unpaired) electrons. The van der Waals surface area contributed by atoms with Crippen LogP contribution >= 0.6 is 11.6 Å². The summed E-state index contributed by atoms with van der Waals surface area (Å²) >= 11 is 5.72. The molecule has 3 rings (SSSR count). The van der Waals surface area contributed by atoms with Crippen LogP contribution in [0.2, 0.25) is 5.02 Å². The van der Waals surface area contributed by atoms with Crippen LogP contribution in [0.1, 0.15) is 19.3 Å². The fourth-order valence-corrected chi connectivity index (χ4v) is 3.06. The number of benzene rings is 1. The van der Waals surface area contributed by atoms with E-state index in [2.05, 4.69) is 0 Å². The Bertz CT molecular complexity index is 654. The third-order valence-electron chi connectivity index (χ3n) is 4.08. The Balaban J connectivity index is 1.82. The Morgan fingerprint density at radius 2 is 1.82 bits per heavy atom. The van der Waals surface area contributed by atoms with Gasteiger partial charge in [0.15, 0.2) is 0 Å². The fraction of sp³-hybridized carbons (Fsp3) is 0.400. The maximum absolute atomic E-state index is 13.2. The van der Waals surface area contributed by atoms with Crippen molar-refractivity contribution in [2.75, 3.05) is 18.0 Å². The first-order chi connectivity index (χ1) is 10.5. The number of carbonyl (C=O) groups is 3. The molecular weight excluding hydrogens is 311 g/mol. The lowest BCUT2D eigenvalue weighted by molar-refractivity contribution is -0.127. The van der Waals surface area contributed by atoms with E-state index in [0.29, 0.717) is 25.9 Å². The first kappa shape index (κ1) is 15.1. The summed E-state index contributed by atoms with van der Waals surface area (Å²) in [5.41, 5.74) is 0.275. The number of carbonyl (C=O) groups excluding carboxylic acids is 3. The van der Waals surface area contributed by atoms with Gasteiger partial charge in [-0.05, 0) is 18.2 Å². The number of anilines is 1. The molecule has 1 atom stereocenters. The minimum atomic E-state index is -0.601. The number of piperidine rings is 1. The lowest BCUT2D eigenvalue weighted by atomic mass is 10.1. The van der Waals surface area contributed by atoms with Crippen LogP contribution < -0.4 is 4.90 Å². The molecule has 0 N–H and O–H groups in total. The van der Waals surface area contributed by atoms with Crippen molar-refractivity contribution in [2.45, 2.75) is 25.3 Å². The van der Waals surface area contributed by atoms with E-state index in [0.717, 1.165) is 11.0 Å². The van der Waals surface area contributed by atoms with Crippen molar-refractivity contribution >= 4 is 34.9 Å². The van der Waals surface area contributed by atoms with Crippen molar-refractivity contribution in [1.29, 1.82) is 0 Å². The van der Waals surface area contributed by atoms with Gasteiger partial charge in [0.25, 0.3) is 5.91 Å². The van der Waals surface area contributed by atoms with Gasteiger partial charge in [-0.15, -0.1) is 0 Å². The number of rotatable bonds is 2. The van der Waals surface area contributed by atoms with Gasteiger partial charge >= 0.3 is 0 Å². The molecule has 7 heteroatoms. The third kappa shape index (κ3) is 2.64. The zero-order chi connectivity index (χ0) is 15.9. The molecule has 2 aliphatic heterocycles. The lowest BCUT2D eigenvalue weighted by Crippen LogP contribution is -2.46. The molecule has 0 bridgehead atoms. The predicted octanol–water partition coefficient (Wildman–Crippen LogP) is 1.78. The van der Waals surface area contributed by atoms with E-state index >= 15 is 0 Å². The largest absolute Gasteiger partial charge is 0.300 e. The van der Waals surface area contributed by atoms with Gasteiger partial charge in [0, 0.05) is 25.9 Å². The van der Waals surface area contributed by atoms with Crippen LogP contribution in [-0.2, 0) is 14.4 Å². The number of hydrogen-bond acceptors (Lipinski definition) is 4. The van der Waals surface area contributed by atoms with Crippen molar-refractivity contribution in [2.24, 2.45) is 0 Å². The van der Waals surface area contributed by atoms with Crippen LogP contribution in [0.15, 0.2) is 18.2 Å². The molecule has 0 spiro atoms. The fourth-order valence-electron chi connectivity index (χ4n) is 2.88. The number of halogens is 2. The van der Waals surface area contributed by atoms with E-state index in [4.69, 9.17) is 11.6 Å². The van der Waals surface area contributed by atoms with Crippen molar-refractivity contribution in [1.82, 2.24) is 4.90 Å². The summed E-state index contributed by atoms with van der Waals surface area (Å²) in [5, 5.41) is -0.134. The number of amides is 2. The van der Waals surface area contributed by atoms with Gasteiger partial charge in [0.2, 0.25) is 5.91 Å². The van der Waals surface area contributed by atoms with Gasteiger partial charge in [-0.2, -0.15) is 0 Å². The van der Waals surface area contributed by atoms with Gasteiger partial charge in [-0.3, -0.25) is 19.3 Å². The maximum atomic E-state index is 13.2. The normalized spacial score (nSPS) is 23.5. The monoisotopic (exact) mass is 324 g/mol. The SMILES string of the molecule is O=C1CCN([C@H]2CC(=O)N(c3ccc(F)c(Cl)c3)C2=O)CC1. The number of imide groups is 1. The summed E-state index contributed by atoms with van der Waals surface area (Å²) in [6, 6.07) is 3.21. The van der Waals surface area contributed by atoms with Gasteiger partial charge < -0.3 is 0 Å². The van der Waals surface area contributed by atoms with Crippen molar-refractivity contribution in [3.8, 4) is 0 Å². The van der Waals surface area contributed by atoms with Crippen molar-refractivity contribution in [3.63, 3.8) is 0 Å².